The molecule has 122 valence electrons. The van der Waals surface area contributed by atoms with Gasteiger partial charge in [-0.1, -0.05) is 57.2 Å². The molecule has 23 heavy (non-hydrogen) atoms. The van der Waals surface area contributed by atoms with Gasteiger partial charge in [0.25, 0.3) is 0 Å². The maximum absolute atomic E-state index is 13.7. The van der Waals surface area contributed by atoms with Crippen molar-refractivity contribution in [1.82, 2.24) is 4.90 Å². The number of nitrogens with one attached hydrogen (secondary N) is 1. The fourth-order valence-corrected chi connectivity index (χ4v) is 2.40. The van der Waals surface area contributed by atoms with Crippen LogP contribution in [0.5, 0.6) is 0 Å². The Labute approximate surface area is 143 Å². The number of benzene rings is 2. The highest BCUT2D eigenvalue weighted by molar-refractivity contribution is 7.80. The molecule has 2 aromatic carbocycles. The number of rotatable bonds is 3. The lowest BCUT2D eigenvalue weighted by atomic mass is 9.87. The molecule has 0 aliphatic carbocycles. The molecule has 2 aromatic rings. The summed E-state index contributed by atoms with van der Waals surface area (Å²) < 4.78 is 13.7. The van der Waals surface area contributed by atoms with Crippen LogP contribution < -0.4 is 5.32 Å². The SMILES string of the molecule is CN(Cc1ccc(C(C)(C)C)cc1)C(=S)Nc1ccccc1F. The van der Waals surface area contributed by atoms with Gasteiger partial charge in [-0.05, 0) is 40.9 Å². The molecule has 0 aliphatic heterocycles. The first-order valence-corrected chi connectivity index (χ1v) is 8.04. The van der Waals surface area contributed by atoms with E-state index in [1.54, 1.807) is 18.2 Å². The third-order valence-electron chi connectivity index (χ3n) is 3.70. The van der Waals surface area contributed by atoms with Crippen LogP contribution in [-0.2, 0) is 12.0 Å². The summed E-state index contributed by atoms with van der Waals surface area (Å²) >= 11 is 5.35. The zero-order valence-electron chi connectivity index (χ0n) is 14.1. The van der Waals surface area contributed by atoms with Crippen LogP contribution in [0.4, 0.5) is 10.1 Å². The van der Waals surface area contributed by atoms with Gasteiger partial charge in [0.05, 0.1) is 5.69 Å². The molecule has 4 heteroatoms. The van der Waals surface area contributed by atoms with Gasteiger partial charge < -0.3 is 10.2 Å². The predicted molar refractivity (Wildman–Crippen MR) is 99.2 cm³/mol. The van der Waals surface area contributed by atoms with Crippen molar-refractivity contribution in [3.05, 3.63) is 65.5 Å². The average molecular weight is 330 g/mol. The second-order valence-electron chi connectivity index (χ2n) is 6.71. The van der Waals surface area contributed by atoms with E-state index in [0.29, 0.717) is 17.3 Å². The van der Waals surface area contributed by atoms with Crippen molar-refractivity contribution in [2.45, 2.75) is 32.7 Å². The topological polar surface area (TPSA) is 15.3 Å². The van der Waals surface area contributed by atoms with Crippen LogP contribution >= 0.6 is 12.2 Å². The minimum absolute atomic E-state index is 0.145. The fourth-order valence-electron chi connectivity index (χ4n) is 2.23. The van der Waals surface area contributed by atoms with Crippen molar-refractivity contribution in [1.29, 1.82) is 0 Å². The van der Waals surface area contributed by atoms with Crippen molar-refractivity contribution in [3.63, 3.8) is 0 Å². The van der Waals surface area contributed by atoms with Gasteiger partial charge in [-0.2, -0.15) is 0 Å². The van der Waals surface area contributed by atoms with E-state index < -0.39 is 0 Å². The van der Waals surface area contributed by atoms with Crippen LogP contribution in [0, 0.1) is 5.82 Å². The van der Waals surface area contributed by atoms with E-state index in [1.165, 1.54) is 11.6 Å². The molecule has 0 spiro atoms. The molecular weight excluding hydrogens is 307 g/mol. The molecule has 0 radical (unpaired) electrons. The molecule has 0 unspecified atom stereocenters. The molecular formula is C19H23FN2S. The largest absolute Gasteiger partial charge is 0.348 e. The molecule has 0 heterocycles. The maximum atomic E-state index is 13.7. The Kier molecular flexibility index (Phi) is 5.37. The van der Waals surface area contributed by atoms with Crippen LogP contribution in [0.15, 0.2) is 48.5 Å². The van der Waals surface area contributed by atoms with E-state index in [0.717, 1.165) is 5.56 Å². The number of thiocarbonyl (C=S) groups is 1. The zero-order chi connectivity index (χ0) is 17.0. The fraction of sp³-hybridized carbons (Fsp3) is 0.316. The third kappa shape index (κ3) is 4.76. The van der Waals surface area contributed by atoms with E-state index in [2.05, 4.69) is 50.4 Å². The van der Waals surface area contributed by atoms with Gasteiger partial charge in [0.1, 0.15) is 5.82 Å². The molecule has 2 rings (SSSR count). The number of hydrogen-bond acceptors (Lipinski definition) is 1. The van der Waals surface area contributed by atoms with Gasteiger partial charge in [0.2, 0.25) is 0 Å². The van der Waals surface area contributed by atoms with Crippen molar-refractivity contribution in [2.24, 2.45) is 0 Å². The van der Waals surface area contributed by atoms with Crippen LogP contribution in [0.3, 0.4) is 0 Å². The van der Waals surface area contributed by atoms with Gasteiger partial charge in [-0.15, -0.1) is 0 Å². The van der Waals surface area contributed by atoms with Crippen molar-refractivity contribution < 1.29 is 4.39 Å². The summed E-state index contributed by atoms with van der Waals surface area (Å²) in [6, 6.07) is 15.0. The Balaban J connectivity index is 2.00. The first kappa shape index (κ1) is 17.4. The quantitative estimate of drug-likeness (QED) is 0.802. The molecule has 0 atom stereocenters. The maximum Gasteiger partial charge on any atom is 0.173 e. The summed E-state index contributed by atoms with van der Waals surface area (Å²) in [4.78, 5) is 1.90. The molecule has 0 aromatic heterocycles. The average Bonchev–Trinajstić information content (AvgIpc) is 2.49. The number of halogens is 1. The Morgan fingerprint density at radius 3 is 2.26 bits per heavy atom. The van der Waals surface area contributed by atoms with E-state index in [4.69, 9.17) is 12.2 Å². The highest BCUT2D eigenvalue weighted by Crippen LogP contribution is 2.22. The lowest BCUT2D eigenvalue weighted by Crippen LogP contribution is -2.30. The number of hydrogen-bond donors (Lipinski definition) is 1. The first-order chi connectivity index (χ1) is 10.8. The number of para-hydroxylation sites is 1. The summed E-state index contributed by atoms with van der Waals surface area (Å²) in [5.74, 6) is -0.308. The molecule has 0 saturated carbocycles. The molecule has 0 fully saturated rings. The van der Waals surface area contributed by atoms with E-state index in [9.17, 15) is 4.39 Å². The minimum Gasteiger partial charge on any atom is -0.348 e. The smallest absolute Gasteiger partial charge is 0.173 e. The highest BCUT2D eigenvalue weighted by atomic mass is 32.1. The predicted octanol–water partition coefficient (Wildman–Crippen LogP) is 4.95. The van der Waals surface area contributed by atoms with Gasteiger partial charge in [0.15, 0.2) is 5.11 Å². The molecule has 0 aliphatic rings. The number of anilines is 1. The Bertz CT molecular complexity index is 675. The summed E-state index contributed by atoms with van der Waals surface area (Å²) in [6.45, 7) is 7.26. The summed E-state index contributed by atoms with van der Waals surface area (Å²) in [5, 5.41) is 3.44. The highest BCUT2D eigenvalue weighted by Gasteiger charge is 2.13. The van der Waals surface area contributed by atoms with Crippen molar-refractivity contribution in [2.75, 3.05) is 12.4 Å². The van der Waals surface area contributed by atoms with Crippen LogP contribution in [0.25, 0.3) is 0 Å². The lowest BCUT2D eigenvalue weighted by Gasteiger charge is -2.23. The van der Waals surface area contributed by atoms with Crippen LogP contribution in [0.2, 0.25) is 0 Å². The Hall–Kier alpha value is -1.94. The zero-order valence-corrected chi connectivity index (χ0v) is 14.9. The normalized spacial score (nSPS) is 11.2. The molecule has 2 nitrogen and oxygen atoms in total. The van der Waals surface area contributed by atoms with Gasteiger partial charge in [-0.3, -0.25) is 0 Å². The van der Waals surface area contributed by atoms with Gasteiger partial charge in [-0.25, -0.2) is 4.39 Å². The van der Waals surface area contributed by atoms with Crippen LogP contribution in [-0.4, -0.2) is 17.1 Å². The monoisotopic (exact) mass is 330 g/mol. The molecule has 1 N–H and O–H groups in total. The second kappa shape index (κ2) is 7.09. The third-order valence-corrected chi connectivity index (χ3v) is 4.12. The van der Waals surface area contributed by atoms with Crippen molar-refractivity contribution >= 4 is 23.0 Å². The number of nitrogens with zero attached hydrogens (tertiary/aromatic N) is 1. The van der Waals surface area contributed by atoms with E-state index >= 15 is 0 Å². The van der Waals surface area contributed by atoms with E-state index in [-0.39, 0.29) is 11.2 Å². The minimum atomic E-state index is -0.308. The standard InChI is InChI=1S/C19H23FN2S/c1-19(2,3)15-11-9-14(10-12-15)13-22(4)18(23)21-17-8-6-5-7-16(17)20/h5-12H,13H2,1-4H3,(H,21,23). The summed E-state index contributed by atoms with van der Waals surface area (Å²) in [6.07, 6.45) is 0. The van der Waals surface area contributed by atoms with Gasteiger partial charge in [0, 0.05) is 13.6 Å². The van der Waals surface area contributed by atoms with Crippen LogP contribution in [0.1, 0.15) is 31.9 Å². The summed E-state index contributed by atoms with van der Waals surface area (Å²) in [5.41, 5.74) is 3.01. The Morgan fingerprint density at radius 2 is 1.70 bits per heavy atom. The van der Waals surface area contributed by atoms with E-state index in [1.807, 2.05) is 11.9 Å². The van der Waals surface area contributed by atoms with Crippen molar-refractivity contribution in [3.8, 4) is 0 Å². The Morgan fingerprint density at radius 1 is 1.09 bits per heavy atom. The summed E-state index contributed by atoms with van der Waals surface area (Å²) in [7, 11) is 1.90. The lowest BCUT2D eigenvalue weighted by molar-refractivity contribution is 0.507. The molecule has 0 bridgehead atoms. The molecule has 0 saturated heterocycles. The second-order valence-corrected chi connectivity index (χ2v) is 7.10. The first-order valence-electron chi connectivity index (χ1n) is 7.63. The molecule has 0 amide bonds. The van der Waals surface area contributed by atoms with Gasteiger partial charge >= 0.3 is 0 Å².